The highest BCUT2D eigenvalue weighted by Crippen LogP contribution is 2.09. The molecule has 0 N–H and O–H groups in total. The molecule has 0 saturated heterocycles. The van der Waals surface area contributed by atoms with Crippen LogP contribution in [0.25, 0.3) is 11.7 Å². The van der Waals surface area contributed by atoms with Crippen molar-refractivity contribution in [2.24, 2.45) is 0 Å². The van der Waals surface area contributed by atoms with Crippen LogP contribution >= 0.6 is 0 Å². The van der Waals surface area contributed by atoms with Crippen LogP contribution in [0.1, 0.15) is 21.6 Å². The highest BCUT2D eigenvalue weighted by molar-refractivity contribution is 6.48. The number of aromatic nitrogens is 2. The van der Waals surface area contributed by atoms with Crippen molar-refractivity contribution >= 4 is 23.3 Å². The molecule has 0 fully saturated rings. The summed E-state index contributed by atoms with van der Waals surface area (Å²) in [5, 5.41) is 0. The number of aryl methyl sites for hydroxylation is 1. The fourth-order valence-corrected chi connectivity index (χ4v) is 2.17. The van der Waals surface area contributed by atoms with E-state index in [9.17, 15) is 9.59 Å². The summed E-state index contributed by atoms with van der Waals surface area (Å²) in [6.07, 6.45) is 6.60. The van der Waals surface area contributed by atoms with E-state index in [4.69, 9.17) is 0 Å². The van der Waals surface area contributed by atoms with Gasteiger partial charge < -0.3 is 4.40 Å². The first-order valence-electron chi connectivity index (χ1n) is 6.90. The molecule has 0 amide bonds. The molecule has 4 heteroatoms. The number of benzene rings is 1. The van der Waals surface area contributed by atoms with Gasteiger partial charge in [0, 0.05) is 18.0 Å². The second-order valence-corrected chi connectivity index (χ2v) is 5.03. The summed E-state index contributed by atoms with van der Waals surface area (Å²) in [5.74, 6) is -1.07. The minimum absolute atomic E-state index is 0.391. The molecule has 1 aromatic carbocycles. The Labute approximate surface area is 127 Å². The van der Waals surface area contributed by atoms with Crippen LogP contribution in [-0.4, -0.2) is 21.0 Å². The Bertz CT molecular complexity index is 876. The quantitative estimate of drug-likeness (QED) is 0.421. The minimum atomic E-state index is -0.556. The number of fused-ring (bicyclic) bond motifs is 1. The van der Waals surface area contributed by atoms with Crippen LogP contribution in [0.4, 0.5) is 0 Å². The first-order valence-corrected chi connectivity index (χ1v) is 6.90. The summed E-state index contributed by atoms with van der Waals surface area (Å²) in [7, 11) is 0. The van der Waals surface area contributed by atoms with Gasteiger partial charge in [0.2, 0.25) is 11.6 Å². The fraction of sp³-hybridized carbons (Fsp3) is 0.0556. The van der Waals surface area contributed by atoms with Gasteiger partial charge in [-0.25, -0.2) is 4.98 Å². The van der Waals surface area contributed by atoms with Crippen molar-refractivity contribution < 1.29 is 9.59 Å². The van der Waals surface area contributed by atoms with E-state index >= 15 is 0 Å². The number of Topliss-reactive ketones (excluding diaryl/α,β-unsaturated/α-hetero) is 1. The molecule has 0 bridgehead atoms. The van der Waals surface area contributed by atoms with Crippen molar-refractivity contribution in [2.75, 3.05) is 0 Å². The summed E-state index contributed by atoms with van der Waals surface area (Å²) >= 11 is 0. The lowest BCUT2D eigenvalue weighted by Crippen LogP contribution is -2.10. The third-order valence-electron chi connectivity index (χ3n) is 3.28. The van der Waals surface area contributed by atoms with Gasteiger partial charge in [0.1, 0.15) is 5.65 Å². The van der Waals surface area contributed by atoms with Gasteiger partial charge in [0.25, 0.3) is 0 Å². The highest BCUT2D eigenvalue weighted by atomic mass is 16.2. The van der Waals surface area contributed by atoms with Crippen molar-refractivity contribution in [2.45, 2.75) is 6.92 Å². The molecular weight excluding hydrogens is 276 g/mol. The molecule has 0 saturated carbocycles. The third-order valence-corrected chi connectivity index (χ3v) is 3.28. The van der Waals surface area contributed by atoms with Crippen LogP contribution in [0.5, 0.6) is 0 Å². The van der Waals surface area contributed by atoms with Crippen LogP contribution < -0.4 is 0 Å². The molecule has 0 aliphatic rings. The molecule has 0 spiro atoms. The van der Waals surface area contributed by atoms with E-state index < -0.39 is 11.6 Å². The third kappa shape index (κ3) is 2.86. The van der Waals surface area contributed by atoms with E-state index in [1.807, 2.05) is 35.9 Å². The predicted octanol–water partition coefficient (Wildman–Crippen LogP) is 3.11. The Morgan fingerprint density at radius 2 is 1.82 bits per heavy atom. The van der Waals surface area contributed by atoms with Crippen molar-refractivity contribution in [3.05, 3.63) is 77.8 Å². The molecular formula is C18H14N2O2. The number of pyridine rings is 1. The molecule has 3 rings (SSSR count). The molecule has 0 radical (unpaired) electrons. The summed E-state index contributed by atoms with van der Waals surface area (Å²) < 4.78 is 1.89. The zero-order chi connectivity index (χ0) is 15.5. The number of nitrogens with zero attached hydrogens (tertiary/aromatic N) is 2. The smallest absolute Gasteiger partial charge is 0.232 e. The van der Waals surface area contributed by atoms with E-state index in [0.717, 1.165) is 11.2 Å². The van der Waals surface area contributed by atoms with Gasteiger partial charge in [0.15, 0.2) is 0 Å². The molecule has 0 unspecified atom stereocenters. The minimum Gasteiger partial charge on any atom is -0.306 e. The monoisotopic (exact) mass is 290 g/mol. The number of hydrogen-bond donors (Lipinski definition) is 0. The SMILES string of the molecule is Cc1ccc2nc(/C=C/C(=O)C(=O)c3ccccc3)cn2c1. The number of allylic oxidation sites excluding steroid dienone is 1. The molecule has 4 nitrogen and oxygen atoms in total. The molecule has 2 heterocycles. The number of carbonyl (C=O) groups is 2. The molecule has 108 valence electrons. The van der Waals surface area contributed by atoms with Gasteiger partial charge in [-0.3, -0.25) is 9.59 Å². The Hall–Kier alpha value is -3.01. The predicted molar refractivity (Wildman–Crippen MR) is 84.7 cm³/mol. The summed E-state index contributed by atoms with van der Waals surface area (Å²) in [5.41, 5.74) is 2.95. The molecule has 22 heavy (non-hydrogen) atoms. The van der Waals surface area contributed by atoms with Crippen LogP contribution in [0.15, 0.2) is 60.9 Å². The van der Waals surface area contributed by atoms with Gasteiger partial charge in [0.05, 0.1) is 5.69 Å². The topological polar surface area (TPSA) is 51.4 Å². The lowest BCUT2D eigenvalue weighted by atomic mass is 10.1. The largest absolute Gasteiger partial charge is 0.306 e. The van der Waals surface area contributed by atoms with Crippen LogP contribution in [0.3, 0.4) is 0 Å². The van der Waals surface area contributed by atoms with Crippen molar-refractivity contribution in [1.82, 2.24) is 9.38 Å². The van der Waals surface area contributed by atoms with Gasteiger partial charge in [-0.1, -0.05) is 36.4 Å². The van der Waals surface area contributed by atoms with Gasteiger partial charge in [-0.15, -0.1) is 0 Å². The maximum Gasteiger partial charge on any atom is 0.232 e. The number of imidazole rings is 1. The zero-order valence-corrected chi connectivity index (χ0v) is 12.1. The lowest BCUT2D eigenvalue weighted by Gasteiger charge is -1.94. The van der Waals surface area contributed by atoms with Crippen molar-refractivity contribution in [1.29, 1.82) is 0 Å². The average molecular weight is 290 g/mol. The standard InChI is InChI=1S/C18H14N2O2/c1-13-7-10-17-19-15(12-20(17)11-13)8-9-16(21)18(22)14-5-3-2-4-6-14/h2-12H,1H3/b9-8+. The van der Waals surface area contributed by atoms with Gasteiger partial charge in [-0.05, 0) is 30.7 Å². The summed E-state index contributed by atoms with van der Waals surface area (Å²) in [4.78, 5) is 28.2. The fourth-order valence-electron chi connectivity index (χ4n) is 2.17. The number of carbonyl (C=O) groups excluding carboxylic acids is 2. The zero-order valence-electron chi connectivity index (χ0n) is 12.1. The first-order chi connectivity index (χ1) is 10.6. The second kappa shape index (κ2) is 5.77. The maximum atomic E-state index is 12.0. The Kier molecular flexibility index (Phi) is 3.66. The van der Waals surface area contributed by atoms with E-state index in [-0.39, 0.29) is 0 Å². The lowest BCUT2D eigenvalue weighted by molar-refractivity contribution is -0.110. The van der Waals surface area contributed by atoms with Crippen molar-refractivity contribution in [3.8, 4) is 0 Å². The average Bonchev–Trinajstić information content (AvgIpc) is 2.94. The molecule has 3 aromatic rings. The normalized spacial score (nSPS) is 11.1. The maximum absolute atomic E-state index is 12.0. The van der Waals surface area contributed by atoms with Crippen molar-refractivity contribution in [3.63, 3.8) is 0 Å². The Morgan fingerprint density at radius 1 is 1.05 bits per heavy atom. The molecule has 0 atom stereocenters. The van der Waals surface area contributed by atoms with Gasteiger partial charge >= 0.3 is 0 Å². The van der Waals surface area contributed by atoms with E-state index in [1.165, 1.54) is 6.08 Å². The van der Waals surface area contributed by atoms with E-state index in [2.05, 4.69) is 4.98 Å². The van der Waals surface area contributed by atoms with E-state index in [1.54, 1.807) is 36.4 Å². The molecule has 2 aromatic heterocycles. The van der Waals surface area contributed by atoms with Crippen LogP contribution in [0.2, 0.25) is 0 Å². The summed E-state index contributed by atoms with van der Waals surface area (Å²) in [6.45, 7) is 2.00. The Morgan fingerprint density at radius 3 is 2.59 bits per heavy atom. The molecule has 0 aliphatic carbocycles. The second-order valence-electron chi connectivity index (χ2n) is 5.03. The molecule has 0 aliphatic heterocycles. The Balaban J connectivity index is 1.80. The van der Waals surface area contributed by atoms with Crippen LogP contribution in [0, 0.1) is 6.92 Å². The van der Waals surface area contributed by atoms with Crippen LogP contribution in [-0.2, 0) is 4.79 Å². The van der Waals surface area contributed by atoms with Gasteiger partial charge in [-0.2, -0.15) is 0 Å². The van der Waals surface area contributed by atoms with E-state index in [0.29, 0.717) is 11.3 Å². The number of rotatable bonds is 4. The summed E-state index contributed by atoms with van der Waals surface area (Å²) in [6, 6.07) is 12.4. The number of ketones is 2. The highest BCUT2D eigenvalue weighted by Gasteiger charge is 2.12. The number of hydrogen-bond acceptors (Lipinski definition) is 3. The first kappa shape index (κ1) is 13.9.